The van der Waals surface area contributed by atoms with Crippen LogP contribution >= 0.6 is 0 Å². The fourth-order valence-corrected chi connectivity index (χ4v) is 2.67. The molecule has 2 aliphatic heterocycles. The third-order valence-electron chi connectivity index (χ3n) is 3.75. The Hall–Kier alpha value is -0.910. The topological polar surface area (TPSA) is 50.5 Å². The normalized spacial score (nSPS) is 30.2. The van der Waals surface area contributed by atoms with Crippen LogP contribution < -0.4 is 0 Å². The zero-order valence-electron chi connectivity index (χ0n) is 9.96. The highest BCUT2D eigenvalue weighted by Gasteiger charge is 2.27. The Morgan fingerprint density at radius 3 is 3.29 bits per heavy atom. The van der Waals surface area contributed by atoms with Gasteiger partial charge in [-0.3, -0.25) is 4.90 Å². The quantitative estimate of drug-likeness (QED) is 0.792. The summed E-state index contributed by atoms with van der Waals surface area (Å²) in [6, 6.07) is 0. The molecule has 94 valence electrons. The average molecular weight is 237 g/mol. The summed E-state index contributed by atoms with van der Waals surface area (Å²) < 4.78 is 7.64. The molecule has 0 aliphatic carbocycles. The summed E-state index contributed by atoms with van der Waals surface area (Å²) in [6.45, 7) is 5.21. The number of hydrogen-bond donors (Lipinski definition) is 1. The first-order valence-corrected chi connectivity index (χ1v) is 6.31. The number of hydrogen-bond acceptors (Lipinski definition) is 4. The standard InChI is InChI=1S/C12H19N3O2/c16-11-1-6-17-9-10(11)7-14-4-5-15-3-2-13-12(15)8-14/h2-3,10-11,16H,1,4-9H2. The minimum atomic E-state index is -0.203. The van der Waals surface area contributed by atoms with Crippen LogP contribution in [0, 0.1) is 5.92 Å². The van der Waals surface area contributed by atoms with Gasteiger partial charge in [-0.1, -0.05) is 0 Å². The number of aromatic nitrogens is 2. The van der Waals surface area contributed by atoms with Gasteiger partial charge in [0.1, 0.15) is 5.82 Å². The number of imidazole rings is 1. The Bertz CT molecular complexity index is 380. The zero-order chi connectivity index (χ0) is 11.7. The van der Waals surface area contributed by atoms with Gasteiger partial charge >= 0.3 is 0 Å². The Morgan fingerprint density at radius 2 is 2.41 bits per heavy atom. The van der Waals surface area contributed by atoms with Crippen molar-refractivity contribution in [2.45, 2.75) is 25.6 Å². The smallest absolute Gasteiger partial charge is 0.122 e. The Morgan fingerprint density at radius 1 is 1.47 bits per heavy atom. The van der Waals surface area contributed by atoms with Crippen LogP contribution in [0.1, 0.15) is 12.2 Å². The summed E-state index contributed by atoms with van der Waals surface area (Å²) in [5.74, 6) is 1.38. The lowest BCUT2D eigenvalue weighted by Gasteiger charge is -2.34. The summed E-state index contributed by atoms with van der Waals surface area (Å²) >= 11 is 0. The Balaban J connectivity index is 1.60. The highest BCUT2D eigenvalue weighted by molar-refractivity contribution is 4.96. The summed E-state index contributed by atoms with van der Waals surface area (Å²) in [5.41, 5.74) is 0. The fraction of sp³-hybridized carbons (Fsp3) is 0.750. The number of aliphatic hydroxyl groups is 1. The van der Waals surface area contributed by atoms with Gasteiger partial charge in [-0.15, -0.1) is 0 Å². The largest absolute Gasteiger partial charge is 0.393 e. The first-order valence-electron chi connectivity index (χ1n) is 6.31. The highest BCUT2D eigenvalue weighted by Crippen LogP contribution is 2.18. The number of aliphatic hydroxyl groups excluding tert-OH is 1. The number of rotatable bonds is 2. The molecule has 0 radical (unpaired) electrons. The fourth-order valence-electron chi connectivity index (χ4n) is 2.67. The van der Waals surface area contributed by atoms with Crippen molar-refractivity contribution in [1.82, 2.24) is 14.5 Å². The van der Waals surface area contributed by atoms with Crippen LogP contribution in [0.25, 0.3) is 0 Å². The van der Waals surface area contributed by atoms with Gasteiger partial charge in [0.25, 0.3) is 0 Å². The summed E-state index contributed by atoms with van der Waals surface area (Å²) in [6.07, 6.45) is 4.46. The van der Waals surface area contributed by atoms with E-state index in [9.17, 15) is 5.11 Å². The second-order valence-electron chi connectivity index (χ2n) is 4.96. The van der Waals surface area contributed by atoms with Crippen LogP contribution in [0.15, 0.2) is 12.4 Å². The maximum Gasteiger partial charge on any atom is 0.122 e. The minimum Gasteiger partial charge on any atom is -0.393 e. The van der Waals surface area contributed by atoms with Crippen LogP contribution in [0.3, 0.4) is 0 Å². The second kappa shape index (κ2) is 4.76. The van der Waals surface area contributed by atoms with E-state index in [4.69, 9.17) is 4.74 Å². The molecular weight excluding hydrogens is 218 g/mol. The van der Waals surface area contributed by atoms with Crippen molar-refractivity contribution in [3.8, 4) is 0 Å². The van der Waals surface area contributed by atoms with Gasteiger partial charge in [0.05, 0.1) is 19.3 Å². The van der Waals surface area contributed by atoms with E-state index in [0.717, 1.165) is 38.4 Å². The molecule has 0 amide bonds. The number of ether oxygens (including phenoxy) is 1. The third kappa shape index (κ3) is 2.36. The van der Waals surface area contributed by atoms with E-state index < -0.39 is 0 Å². The minimum absolute atomic E-state index is 0.203. The maximum atomic E-state index is 9.93. The lowest BCUT2D eigenvalue weighted by Crippen LogP contribution is -2.43. The lowest BCUT2D eigenvalue weighted by molar-refractivity contribution is -0.0489. The Labute approximate surface area is 101 Å². The monoisotopic (exact) mass is 237 g/mol. The molecule has 1 saturated heterocycles. The van der Waals surface area contributed by atoms with Crippen molar-refractivity contribution < 1.29 is 9.84 Å². The predicted molar refractivity (Wildman–Crippen MR) is 62.4 cm³/mol. The molecule has 0 aromatic carbocycles. The molecule has 1 N–H and O–H groups in total. The van der Waals surface area contributed by atoms with Gasteiger partial charge in [-0.2, -0.15) is 0 Å². The SMILES string of the molecule is OC1CCOCC1CN1CCn2ccnc2C1. The van der Waals surface area contributed by atoms with Gasteiger partial charge in [-0.05, 0) is 6.42 Å². The molecule has 17 heavy (non-hydrogen) atoms. The summed E-state index contributed by atoms with van der Waals surface area (Å²) in [4.78, 5) is 6.71. The van der Waals surface area contributed by atoms with Crippen molar-refractivity contribution in [2.24, 2.45) is 5.92 Å². The van der Waals surface area contributed by atoms with E-state index in [1.165, 1.54) is 0 Å². The molecular formula is C12H19N3O2. The number of fused-ring (bicyclic) bond motifs is 1. The average Bonchev–Trinajstić information content (AvgIpc) is 2.79. The van der Waals surface area contributed by atoms with E-state index >= 15 is 0 Å². The first kappa shape index (κ1) is 11.2. The van der Waals surface area contributed by atoms with Gasteiger partial charge < -0.3 is 14.4 Å². The second-order valence-corrected chi connectivity index (χ2v) is 4.96. The molecule has 0 saturated carbocycles. The van der Waals surface area contributed by atoms with Gasteiger partial charge in [0.15, 0.2) is 0 Å². The summed E-state index contributed by atoms with van der Waals surface area (Å²) in [5, 5.41) is 9.93. The molecule has 1 aromatic rings. The van der Waals surface area contributed by atoms with E-state index in [1.54, 1.807) is 0 Å². The first-order chi connectivity index (χ1) is 8.33. The molecule has 0 spiro atoms. The van der Waals surface area contributed by atoms with Crippen LogP contribution in [0.5, 0.6) is 0 Å². The molecule has 1 fully saturated rings. The van der Waals surface area contributed by atoms with Crippen LogP contribution in [-0.4, -0.2) is 52.0 Å². The molecule has 3 heterocycles. The van der Waals surface area contributed by atoms with Crippen LogP contribution in [0.2, 0.25) is 0 Å². The molecule has 1 aromatic heterocycles. The molecule has 5 heteroatoms. The highest BCUT2D eigenvalue weighted by atomic mass is 16.5. The molecule has 3 rings (SSSR count). The predicted octanol–water partition coefficient (Wildman–Crippen LogP) is 0.0961. The Kier molecular flexibility index (Phi) is 3.13. The van der Waals surface area contributed by atoms with Gasteiger partial charge in [0.2, 0.25) is 0 Å². The zero-order valence-corrected chi connectivity index (χ0v) is 9.96. The van der Waals surface area contributed by atoms with Gasteiger partial charge in [-0.25, -0.2) is 4.98 Å². The van der Waals surface area contributed by atoms with Crippen LogP contribution in [-0.2, 0) is 17.8 Å². The van der Waals surface area contributed by atoms with Gasteiger partial charge in [0, 0.05) is 44.6 Å². The molecule has 2 atom stereocenters. The molecule has 2 unspecified atom stereocenters. The molecule has 0 bridgehead atoms. The van der Waals surface area contributed by atoms with E-state index in [2.05, 4.69) is 14.5 Å². The van der Waals surface area contributed by atoms with Crippen molar-refractivity contribution in [1.29, 1.82) is 0 Å². The van der Waals surface area contributed by atoms with Crippen molar-refractivity contribution in [3.63, 3.8) is 0 Å². The van der Waals surface area contributed by atoms with E-state index in [0.29, 0.717) is 13.2 Å². The summed E-state index contributed by atoms with van der Waals surface area (Å²) in [7, 11) is 0. The van der Waals surface area contributed by atoms with Crippen molar-refractivity contribution >= 4 is 0 Å². The van der Waals surface area contributed by atoms with E-state index in [-0.39, 0.29) is 12.0 Å². The molecule has 5 nitrogen and oxygen atoms in total. The maximum absolute atomic E-state index is 9.93. The van der Waals surface area contributed by atoms with Crippen molar-refractivity contribution in [2.75, 3.05) is 26.3 Å². The number of nitrogens with zero attached hydrogens (tertiary/aromatic N) is 3. The third-order valence-corrected chi connectivity index (χ3v) is 3.75. The van der Waals surface area contributed by atoms with E-state index in [1.807, 2.05) is 12.4 Å². The molecule has 2 aliphatic rings. The lowest BCUT2D eigenvalue weighted by atomic mass is 9.98. The van der Waals surface area contributed by atoms with Crippen LogP contribution in [0.4, 0.5) is 0 Å². The van der Waals surface area contributed by atoms with Crippen molar-refractivity contribution in [3.05, 3.63) is 18.2 Å².